The van der Waals surface area contributed by atoms with Crippen molar-refractivity contribution in [3.63, 3.8) is 0 Å². The van der Waals surface area contributed by atoms with Crippen LogP contribution in [0.3, 0.4) is 0 Å². The number of hydrogen-bond donors (Lipinski definition) is 1. The van der Waals surface area contributed by atoms with Gasteiger partial charge in [0.1, 0.15) is 5.69 Å². The molecule has 4 heterocycles. The summed E-state index contributed by atoms with van der Waals surface area (Å²) in [6.07, 6.45) is 3.43. The number of fused-ring (bicyclic) bond motifs is 1. The zero-order valence-corrected chi connectivity index (χ0v) is 15.5. The lowest BCUT2D eigenvalue weighted by molar-refractivity contribution is 0.0336. The molecular weight excluding hydrogens is 350 g/mol. The second-order valence-electron chi connectivity index (χ2n) is 6.16. The van der Waals surface area contributed by atoms with Crippen LogP contribution in [0.25, 0.3) is 22.3 Å². The molecular formula is C18H21N5O2S. The molecule has 1 N–H and O–H groups in total. The van der Waals surface area contributed by atoms with Crippen molar-refractivity contribution in [2.45, 2.75) is 18.4 Å². The predicted molar refractivity (Wildman–Crippen MR) is 100 cm³/mol. The third kappa shape index (κ3) is 3.40. The summed E-state index contributed by atoms with van der Waals surface area (Å²) >= 11 is 0. The molecule has 1 fully saturated rings. The summed E-state index contributed by atoms with van der Waals surface area (Å²) in [4.78, 5) is 12.5. The van der Waals surface area contributed by atoms with E-state index in [0.717, 1.165) is 59.2 Å². The molecule has 136 valence electrons. The van der Waals surface area contributed by atoms with E-state index in [1.165, 1.54) is 0 Å². The summed E-state index contributed by atoms with van der Waals surface area (Å²) in [5.41, 5.74) is 3.21. The molecule has 1 unspecified atom stereocenters. The van der Waals surface area contributed by atoms with E-state index in [1.807, 2.05) is 25.1 Å². The van der Waals surface area contributed by atoms with Gasteiger partial charge in [0.25, 0.3) is 0 Å². The van der Waals surface area contributed by atoms with E-state index < -0.39 is 10.8 Å². The number of nitrogens with one attached hydrogen (secondary N) is 1. The van der Waals surface area contributed by atoms with Crippen molar-refractivity contribution >= 4 is 21.7 Å². The van der Waals surface area contributed by atoms with Crippen molar-refractivity contribution in [2.24, 2.45) is 0 Å². The molecule has 4 rings (SSSR count). The van der Waals surface area contributed by atoms with Gasteiger partial charge in [0, 0.05) is 43.2 Å². The molecule has 8 heteroatoms. The van der Waals surface area contributed by atoms with Gasteiger partial charge in [0.2, 0.25) is 0 Å². The molecule has 0 aliphatic carbocycles. The number of ether oxygens (including phenoxy) is 1. The highest BCUT2D eigenvalue weighted by Gasteiger charge is 2.18. The highest BCUT2D eigenvalue weighted by molar-refractivity contribution is 7.85. The Bertz CT molecular complexity index is 923. The van der Waals surface area contributed by atoms with Gasteiger partial charge in [-0.15, -0.1) is 0 Å². The number of aromatic nitrogens is 4. The van der Waals surface area contributed by atoms with Gasteiger partial charge in [-0.25, -0.2) is 4.98 Å². The average Bonchev–Trinajstić information content (AvgIpc) is 3.21. The number of pyridine rings is 2. The Hall–Kier alpha value is -2.16. The van der Waals surface area contributed by atoms with Gasteiger partial charge >= 0.3 is 0 Å². The number of morpholine rings is 1. The Balaban J connectivity index is 1.84. The van der Waals surface area contributed by atoms with Crippen LogP contribution in [0.4, 0.5) is 0 Å². The molecule has 1 atom stereocenters. The fourth-order valence-corrected chi connectivity index (χ4v) is 4.16. The molecule has 0 bridgehead atoms. The second kappa shape index (κ2) is 7.61. The van der Waals surface area contributed by atoms with Gasteiger partial charge in [-0.05, 0) is 18.2 Å². The smallest absolute Gasteiger partial charge is 0.114 e. The van der Waals surface area contributed by atoms with E-state index >= 15 is 0 Å². The van der Waals surface area contributed by atoms with Crippen molar-refractivity contribution in [1.29, 1.82) is 0 Å². The fourth-order valence-electron chi connectivity index (χ4n) is 3.17. The van der Waals surface area contributed by atoms with Crippen molar-refractivity contribution in [3.8, 4) is 11.4 Å². The van der Waals surface area contributed by atoms with Crippen LogP contribution >= 0.6 is 0 Å². The Kier molecular flexibility index (Phi) is 5.05. The lowest BCUT2D eigenvalue weighted by atomic mass is 10.1. The lowest BCUT2D eigenvalue weighted by Crippen LogP contribution is -2.35. The van der Waals surface area contributed by atoms with Gasteiger partial charge in [-0.1, -0.05) is 6.92 Å². The molecule has 3 aromatic rings. The summed E-state index contributed by atoms with van der Waals surface area (Å²) in [5, 5.41) is 7.86. The Morgan fingerprint density at radius 3 is 2.85 bits per heavy atom. The summed E-state index contributed by atoms with van der Waals surface area (Å²) < 4.78 is 18.1. The zero-order chi connectivity index (χ0) is 17.9. The normalized spacial score (nSPS) is 16.8. The van der Waals surface area contributed by atoms with E-state index in [4.69, 9.17) is 9.72 Å². The highest BCUT2D eigenvalue weighted by Crippen LogP contribution is 2.28. The van der Waals surface area contributed by atoms with Crippen LogP contribution in [0.2, 0.25) is 0 Å². The van der Waals surface area contributed by atoms with Crippen molar-refractivity contribution in [1.82, 2.24) is 25.1 Å². The van der Waals surface area contributed by atoms with E-state index in [1.54, 1.807) is 12.4 Å². The monoisotopic (exact) mass is 371 g/mol. The minimum Gasteiger partial charge on any atom is -0.379 e. The van der Waals surface area contributed by atoms with Crippen LogP contribution < -0.4 is 0 Å². The molecule has 0 saturated carbocycles. The van der Waals surface area contributed by atoms with E-state index in [9.17, 15) is 4.21 Å². The zero-order valence-electron chi connectivity index (χ0n) is 14.6. The molecule has 0 spiro atoms. The van der Waals surface area contributed by atoms with Crippen molar-refractivity contribution < 1.29 is 8.95 Å². The predicted octanol–water partition coefficient (Wildman–Crippen LogP) is 1.98. The number of aromatic amines is 1. The molecule has 0 radical (unpaired) electrons. The summed E-state index contributed by atoms with van der Waals surface area (Å²) in [5.74, 6) is 0.567. The fraction of sp³-hybridized carbons (Fsp3) is 0.389. The molecule has 7 nitrogen and oxygen atoms in total. The number of hydrogen-bond acceptors (Lipinski definition) is 6. The summed E-state index contributed by atoms with van der Waals surface area (Å²) in [6, 6.07) is 5.74. The molecule has 0 amide bonds. The second-order valence-corrected chi connectivity index (χ2v) is 7.87. The first-order chi connectivity index (χ1) is 12.8. The number of nitrogens with zero attached hydrogens (tertiary/aromatic N) is 4. The van der Waals surface area contributed by atoms with Gasteiger partial charge in [-0.2, -0.15) is 5.10 Å². The standard InChI is InChI=1S/C18H21N5O2S/c1-2-26(24)16-11-13(12-23-7-9-25-10-8-23)21-17-14(16)3-5-19-18(17)15-4-6-20-22-15/h3-6,11H,2,7-10,12H2,1H3,(H,20,22). The van der Waals surface area contributed by atoms with Crippen LogP contribution in [0, 0.1) is 0 Å². The highest BCUT2D eigenvalue weighted by atomic mass is 32.2. The molecule has 1 aliphatic heterocycles. The first-order valence-corrected chi connectivity index (χ1v) is 10.0. The van der Waals surface area contributed by atoms with E-state index in [-0.39, 0.29) is 0 Å². The summed E-state index contributed by atoms with van der Waals surface area (Å²) in [7, 11) is -1.07. The maximum atomic E-state index is 12.7. The molecule has 26 heavy (non-hydrogen) atoms. The number of H-pyrrole nitrogens is 1. The van der Waals surface area contributed by atoms with Crippen LogP contribution in [0.1, 0.15) is 12.6 Å². The molecule has 1 aliphatic rings. The average molecular weight is 371 g/mol. The first kappa shape index (κ1) is 17.3. The summed E-state index contributed by atoms with van der Waals surface area (Å²) in [6.45, 7) is 5.88. The van der Waals surface area contributed by atoms with Gasteiger partial charge in [-0.3, -0.25) is 19.2 Å². The van der Waals surface area contributed by atoms with Gasteiger partial charge < -0.3 is 4.74 Å². The quantitative estimate of drug-likeness (QED) is 0.738. The first-order valence-electron chi connectivity index (χ1n) is 8.73. The maximum absolute atomic E-state index is 12.7. The lowest BCUT2D eigenvalue weighted by Gasteiger charge is -2.26. The maximum Gasteiger partial charge on any atom is 0.114 e. The SMILES string of the molecule is CCS(=O)c1cc(CN2CCOCC2)nc2c(-c3ccn[nH]3)nccc12. The molecule has 1 saturated heterocycles. The Morgan fingerprint density at radius 1 is 1.27 bits per heavy atom. The topological polar surface area (TPSA) is 84.0 Å². The third-order valence-electron chi connectivity index (χ3n) is 4.50. The van der Waals surface area contributed by atoms with Gasteiger partial charge in [0.15, 0.2) is 0 Å². The van der Waals surface area contributed by atoms with E-state index in [2.05, 4.69) is 20.1 Å². The van der Waals surface area contributed by atoms with Crippen LogP contribution in [0.15, 0.2) is 35.5 Å². The largest absolute Gasteiger partial charge is 0.379 e. The van der Waals surface area contributed by atoms with E-state index in [0.29, 0.717) is 12.3 Å². The Labute approximate surface area is 154 Å². The van der Waals surface area contributed by atoms with Gasteiger partial charge in [0.05, 0.1) is 45.8 Å². The van der Waals surface area contributed by atoms with Crippen LogP contribution in [-0.2, 0) is 22.1 Å². The number of rotatable bonds is 5. The Morgan fingerprint density at radius 2 is 2.12 bits per heavy atom. The minimum absolute atomic E-state index is 0.567. The third-order valence-corrected chi connectivity index (χ3v) is 5.85. The molecule has 3 aromatic heterocycles. The minimum atomic E-state index is -1.07. The molecule has 0 aromatic carbocycles. The van der Waals surface area contributed by atoms with Crippen molar-refractivity contribution in [3.05, 3.63) is 36.3 Å². The van der Waals surface area contributed by atoms with Crippen molar-refractivity contribution in [2.75, 3.05) is 32.1 Å². The van der Waals surface area contributed by atoms with Crippen LogP contribution in [-0.4, -0.2) is 61.3 Å². The van der Waals surface area contributed by atoms with Crippen LogP contribution in [0.5, 0.6) is 0 Å².